The minimum atomic E-state index is -1.51. The van der Waals surface area contributed by atoms with Crippen LogP contribution in [0.5, 0.6) is 0 Å². The van der Waals surface area contributed by atoms with Crippen LogP contribution in [0.15, 0.2) is 24.3 Å². The fourth-order valence-electron chi connectivity index (χ4n) is 3.89. The summed E-state index contributed by atoms with van der Waals surface area (Å²) in [6.45, 7) is 0.660. The van der Waals surface area contributed by atoms with Crippen molar-refractivity contribution in [1.82, 2.24) is 21.3 Å². The van der Waals surface area contributed by atoms with Crippen LogP contribution in [0.3, 0.4) is 0 Å². The molecule has 15 heteroatoms. The van der Waals surface area contributed by atoms with Crippen LogP contribution in [-0.4, -0.2) is 82.3 Å². The Morgan fingerprint density at radius 1 is 0.738 bits per heavy atom. The second-order valence-corrected chi connectivity index (χ2v) is 9.67. The summed E-state index contributed by atoms with van der Waals surface area (Å²) in [5.74, 6) is -5.29. The molecule has 0 saturated heterocycles. The maximum absolute atomic E-state index is 13.3. The molecule has 42 heavy (non-hydrogen) atoms. The molecular weight excluding hydrogens is 557 g/mol. The molecular formula is C27H40FN5O9. The molecule has 14 nitrogen and oxygen atoms in total. The molecule has 0 radical (unpaired) electrons. The van der Waals surface area contributed by atoms with Crippen molar-refractivity contribution >= 4 is 35.8 Å². The smallest absolute Gasteiger partial charge is 0.326 e. The zero-order valence-electron chi connectivity index (χ0n) is 23.3. The summed E-state index contributed by atoms with van der Waals surface area (Å²) in [6, 6.07) is 0.674. The summed E-state index contributed by atoms with van der Waals surface area (Å²) in [6.07, 6.45) is 2.18. The van der Waals surface area contributed by atoms with Crippen molar-refractivity contribution in [3.05, 3.63) is 35.6 Å². The van der Waals surface area contributed by atoms with Crippen LogP contribution in [0.1, 0.15) is 63.4 Å². The molecule has 1 rings (SSSR count). The number of unbranched alkanes of at least 4 members (excludes halogenated alkanes) is 3. The van der Waals surface area contributed by atoms with E-state index in [0.717, 1.165) is 12.8 Å². The lowest BCUT2D eigenvalue weighted by atomic mass is 10.0. The largest absolute Gasteiger partial charge is 0.481 e. The van der Waals surface area contributed by atoms with Gasteiger partial charge in [-0.05, 0) is 62.8 Å². The van der Waals surface area contributed by atoms with E-state index >= 15 is 0 Å². The van der Waals surface area contributed by atoms with Crippen LogP contribution in [0, 0.1) is 5.82 Å². The monoisotopic (exact) mass is 597 g/mol. The molecule has 0 aliphatic rings. The van der Waals surface area contributed by atoms with Crippen molar-refractivity contribution < 1.29 is 48.5 Å². The first-order chi connectivity index (χ1) is 19.9. The molecule has 234 valence electrons. The van der Waals surface area contributed by atoms with Gasteiger partial charge in [0.25, 0.3) is 0 Å². The average Bonchev–Trinajstić information content (AvgIpc) is 2.92. The van der Waals surface area contributed by atoms with Crippen LogP contribution < -0.4 is 27.0 Å². The normalized spacial score (nSPS) is 12.8. The van der Waals surface area contributed by atoms with E-state index in [2.05, 4.69) is 16.0 Å². The van der Waals surface area contributed by atoms with Crippen molar-refractivity contribution in [3.63, 3.8) is 0 Å². The van der Waals surface area contributed by atoms with Gasteiger partial charge in [0.2, 0.25) is 11.8 Å². The number of hydrogen-bond donors (Lipinski definition) is 8. The number of nitrogens with two attached hydrogens (primary N) is 1. The number of aliphatic carboxylic acids is 3. The molecule has 0 aliphatic carbocycles. The highest BCUT2D eigenvalue weighted by Crippen LogP contribution is 2.08. The minimum absolute atomic E-state index is 0.0377. The van der Waals surface area contributed by atoms with E-state index in [4.69, 9.17) is 15.9 Å². The van der Waals surface area contributed by atoms with Crippen molar-refractivity contribution in [1.29, 1.82) is 0 Å². The number of carboxylic acids is 3. The Balaban J connectivity index is 2.60. The van der Waals surface area contributed by atoms with Crippen LogP contribution in [0.25, 0.3) is 0 Å². The molecule has 0 spiro atoms. The number of carbonyl (C=O) groups is 6. The fourth-order valence-corrected chi connectivity index (χ4v) is 3.89. The standard InChI is InChI=1S/C27H40FN5O9/c28-18-10-8-17(9-11-18)16-21(31-22(34)7-2-1-4-14-29)24(37)30-15-5-3-6-19(25(38)39)32-27(42)33-20(26(40)41)12-13-23(35)36/h8-11,19-21H,1-7,12-16,29H2,(H,30,37)(H,31,34)(H,35,36)(H,38,39)(H,40,41)(H2,32,33,42)/t19-,20-,21-/m0/s1. The van der Waals surface area contributed by atoms with Gasteiger partial charge < -0.3 is 42.3 Å². The molecule has 0 unspecified atom stereocenters. The lowest BCUT2D eigenvalue weighted by molar-refractivity contribution is -0.141. The first-order valence-corrected chi connectivity index (χ1v) is 13.7. The molecule has 1 aromatic rings. The Morgan fingerprint density at radius 2 is 1.36 bits per heavy atom. The van der Waals surface area contributed by atoms with Crippen molar-refractivity contribution in [2.24, 2.45) is 5.73 Å². The predicted octanol–water partition coefficient (Wildman–Crippen LogP) is 0.729. The molecule has 0 heterocycles. The molecule has 4 amide bonds. The third-order valence-electron chi connectivity index (χ3n) is 6.19. The number of rotatable bonds is 21. The average molecular weight is 598 g/mol. The summed E-state index contributed by atoms with van der Waals surface area (Å²) in [5, 5.41) is 36.9. The quantitative estimate of drug-likeness (QED) is 0.0924. The first kappa shape index (κ1) is 35.8. The van der Waals surface area contributed by atoms with E-state index in [1.54, 1.807) is 0 Å². The summed E-state index contributed by atoms with van der Waals surface area (Å²) in [5.41, 5.74) is 6.10. The van der Waals surface area contributed by atoms with E-state index in [0.29, 0.717) is 24.9 Å². The van der Waals surface area contributed by atoms with Crippen LogP contribution >= 0.6 is 0 Å². The Bertz CT molecular complexity index is 1050. The fraction of sp³-hybridized carbons (Fsp3) is 0.556. The number of amides is 4. The van der Waals surface area contributed by atoms with Gasteiger partial charge in [0.15, 0.2) is 0 Å². The maximum Gasteiger partial charge on any atom is 0.326 e. The van der Waals surface area contributed by atoms with Gasteiger partial charge in [0.1, 0.15) is 23.9 Å². The van der Waals surface area contributed by atoms with E-state index in [9.17, 15) is 38.3 Å². The van der Waals surface area contributed by atoms with Gasteiger partial charge in [-0.3, -0.25) is 14.4 Å². The lowest BCUT2D eigenvalue weighted by Gasteiger charge is -2.20. The SMILES string of the molecule is NCCCCCC(=O)N[C@@H](Cc1ccc(F)cc1)C(=O)NCCCC[C@H](NC(=O)N[C@@H](CCC(=O)O)C(=O)O)C(=O)O. The minimum Gasteiger partial charge on any atom is -0.481 e. The molecule has 0 bridgehead atoms. The second kappa shape index (κ2) is 19.7. The van der Waals surface area contributed by atoms with Gasteiger partial charge in [-0.1, -0.05) is 18.6 Å². The van der Waals surface area contributed by atoms with Crippen molar-refractivity contribution in [3.8, 4) is 0 Å². The maximum atomic E-state index is 13.3. The molecule has 0 aliphatic heterocycles. The number of hydrogen-bond acceptors (Lipinski definition) is 7. The molecule has 9 N–H and O–H groups in total. The number of urea groups is 1. The van der Waals surface area contributed by atoms with Gasteiger partial charge in [-0.25, -0.2) is 18.8 Å². The number of nitrogens with one attached hydrogen (secondary N) is 4. The van der Waals surface area contributed by atoms with Crippen LogP contribution in [0.4, 0.5) is 9.18 Å². The number of carboxylic acid groups (broad SMARTS) is 3. The summed E-state index contributed by atoms with van der Waals surface area (Å²) >= 11 is 0. The van der Waals surface area contributed by atoms with Crippen LogP contribution in [-0.2, 0) is 30.4 Å². The molecule has 0 saturated carbocycles. The molecule has 0 fully saturated rings. The topological polar surface area (TPSA) is 237 Å². The van der Waals surface area contributed by atoms with Crippen molar-refractivity contribution in [2.75, 3.05) is 13.1 Å². The second-order valence-electron chi connectivity index (χ2n) is 9.67. The van der Waals surface area contributed by atoms with Gasteiger partial charge in [-0.15, -0.1) is 0 Å². The number of benzene rings is 1. The van der Waals surface area contributed by atoms with Crippen molar-refractivity contribution in [2.45, 2.75) is 82.3 Å². The Labute approximate surface area is 242 Å². The lowest BCUT2D eigenvalue weighted by Crippen LogP contribution is -2.51. The Kier molecular flexibility index (Phi) is 16.8. The zero-order chi connectivity index (χ0) is 31.5. The Hall–Kier alpha value is -4.27. The van der Waals surface area contributed by atoms with Gasteiger partial charge in [0.05, 0.1) is 0 Å². The third-order valence-corrected chi connectivity index (χ3v) is 6.19. The molecule has 1 aromatic carbocycles. The zero-order valence-corrected chi connectivity index (χ0v) is 23.3. The van der Waals surface area contributed by atoms with E-state index in [1.165, 1.54) is 24.3 Å². The van der Waals surface area contributed by atoms with Gasteiger partial charge in [-0.2, -0.15) is 0 Å². The molecule has 0 aromatic heterocycles. The highest BCUT2D eigenvalue weighted by atomic mass is 19.1. The van der Waals surface area contributed by atoms with E-state index in [-0.39, 0.29) is 44.6 Å². The van der Waals surface area contributed by atoms with Gasteiger partial charge in [0, 0.05) is 25.8 Å². The summed E-state index contributed by atoms with van der Waals surface area (Å²) in [7, 11) is 0. The van der Waals surface area contributed by atoms with E-state index in [1.807, 2.05) is 5.32 Å². The summed E-state index contributed by atoms with van der Waals surface area (Å²) < 4.78 is 13.3. The number of halogens is 1. The highest BCUT2D eigenvalue weighted by molar-refractivity contribution is 5.88. The number of carbonyl (C=O) groups excluding carboxylic acids is 3. The third kappa shape index (κ3) is 15.5. The van der Waals surface area contributed by atoms with Crippen LogP contribution in [0.2, 0.25) is 0 Å². The molecule has 3 atom stereocenters. The Morgan fingerprint density at radius 3 is 1.93 bits per heavy atom. The predicted molar refractivity (Wildman–Crippen MR) is 148 cm³/mol. The highest BCUT2D eigenvalue weighted by Gasteiger charge is 2.25. The first-order valence-electron chi connectivity index (χ1n) is 13.7. The van der Waals surface area contributed by atoms with Gasteiger partial charge >= 0.3 is 23.9 Å². The summed E-state index contributed by atoms with van der Waals surface area (Å²) in [4.78, 5) is 70.8. The van der Waals surface area contributed by atoms with E-state index < -0.39 is 60.2 Å².